The second-order valence-corrected chi connectivity index (χ2v) is 6.43. The summed E-state index contributed by atoms with van der Waals surface area (Å²) in [6.45, 7) is 9.12. The van der Waals surface area contributed by atoms with Gasteiger partial charge in [0.25, 0.3) is 0 Å². The third kappa shape index (κ3) is 4.04. The molecule has 0 aromatic heterocycles. The first-order valence-corrected chi connectivity index (χ1v) is 8.31. The molecule has 0 radical (unpaired) electrons. The van der Waals surface area contributed by atoms with E-state index in [4.69, 9.17) is 0 Å². The molecule has 1 saturated heterocycles. The van der Waals surface area contributed by atoms with Gasteiger partial charge in [-0.25, -0.2) is 0 Å². The van der Waals surface area contributed by atoms with Crippen LogP contribution in [0.25, 0.3) is 0 Å². The normalized spacial score (nSPS) is 26.0. The van der Waals surface area contributed by atoms with Crippen molar-refractivity contribution in [3.63, 3.8) is 0 Å². The van der Waals surface area contributed by atoms with E-state index < -0.39 is 0 Å². The van der Waals surface area contributed by atoms with Crippen LogP contribution in [0.1, 0.15) is 24.5 Å². The molecule has 0 spiro atoms. The number of nitrogens with zero attached hydrogens (tertiary/aromatic N) is 1. The third-order valence-corrected chi connectivity index (χ3v) is 4.85. The summed E-state index contributed by atoms with van der Waals surface area (Å²) >= 11 is 0. The summed E-state index contributed by atoms with van der Waals surface area (Å²) in [6.07, 6.45) is 2.45. The predicted molar refractivity (Wildman–Crippen MR) is 87.0 cm³/mol. The first-order chi connectivity index (χ1) is 10.3. The average molecular weight is 288 g/mol. The van der Waals surface area contributed by atoms with Crippen LogP contribution in [0.2, 0.25) is 0 Å². The SMILES string of the molecule is CC1NNCC1CNCCCN1CCc2ccccc2C1. The van der Waals surface area contributed by atoms with Crippen LogP contribution in [-0.4, -0.2) is 43.7 Å². The van der Waals surface area contributed by atoms with Crippen molar-refractivity contribution in [2.24, 2.45) is 5.92 Å². The zero-order valence-corrected chi connectivity index (χ0v) is 13.1. The summed E-state index contributed by atoms with van der Waals surface area (Å²) in [6, 6.07) is 9.46. The fourth-order valence-electron chi connectivity index (χ4n) is 3.35. The van der Waals surface area contributed by atoms with Gasteiger partial charge in [0.1, 0.15) is 0 Å². The lowest BCUT2D eigenvalue weighted by Crippen LogP contribution is -2.35. The van der Waals surface area contributed by atoms with E-state index in [1.807, 2.05) is 0 Å². The van der Waals surface area contributed by atoms with Gasteiger partial charge in [-0.1, -0.05) is 24.3 Å². The monoisotopic (exact) mass is 288 g/mol. The minimum absolute atomic E-state index is 0.580. The first-order valence-electron chi connectivity index (χ1n) is 8.31. The summed E-state index contributed by atoms with van der Waals surface area (Å²) < 4.78 is 0. The molecule has 0 saturated carbocycles. The molecule has 2 aliphatic heterocycles. The van der Waals surface area contributed by atoms with Gasteiger partial charge in [-0.3, -0.25) is 15.8 Å². The van der Waals surface area contributed by atoms with Crippen molar-refractivity contribution in [2.75, 3.05) is 32.7 Å². The lowest BCUT2D eigenvalue weighted by atomic mass is 10.00. The second-order valence-electron chi connectivity index (χ2n) is 6.43. The molecule has 2 unspecified atom stereocenters. The quantitative estimate of drug-likeness (QED) is 0.687. The Kier molecular flexibility index (Phi) is 5.25. The Bertz CT molecular complexity index is 448. The Labute approximate surface area is 128 Å². The molecule has 2 heterocycles. The van der Waals surface area contributed by atoms with Crippen molar-refractivity contribution >= 4 is 0 Å². The summed E-state index contributed by atoms with van der Waals surface area (Å²) in [7, 11) is 0. The maximum absolute atomic E-state index is 3.61. The molecule has 1 fully saturated rings. The first kappa shape index (κ1) is 15.0. The Morgan fingerprint density at radius 1 is 1.29 bits per heavy atom. The minimum Gasteiger partial charge on any atom is -0.316 e. The van der Waals surface area contributed by atoms with Gasteiger partial charge < -0.3 is 5.32 Å². The number of hydrazine groups is 1. The van der Waals surface area contributed by atoms with Gasteiger partial charge in [0.2, 0.25) is 0 Å². The van der Waals surface area contributed by atoms with Gasteiger partial charge in [0.05, 0.1) is 0 Å². The Morgan fingerprint density at radius 3 is 2.95 bits per heavy atom. The van der Waals surface area contributed by atoms with Crippen LogP contribution in [-0.2, 0) is 13.0 Å². The highest BCUT2D eigenvalue weighted by atomic mass is 15.4. The number of hydrogen-bond donors (Lipinski definition) is 3. The molecular weight excluding hydrogens is 260 g/mol. The molecule has 3 rings (SSSR count). The zero-order valence-electron chi connectivity index (χ0n) is 13.1. The highest BCUT2D eigenvalue weighted by Gasteiger charge is 2.21. The molecule has 3 N–H and O–H groups in total. The lowest BCUT2D eigenvalue weighted by Gasteiger charge is -2.28. The van der Waals surface area contributed by atoms with Gasteiger partial charge >= 0.3 is 0 Å². The van der Waals surface area contributed by atoms with Crippen molar-refractivity contribution in [3.8, 4) is 0 Å². The number of fused-ring (bicyclic) bond motifs is 1. The number of rotatable bonds is 6. The van der Waals surface area contributed by atoms with E-state index in [9.17, 15) is 0 Å². The van der Waals surface area contributed by atoms with Crippen molar-refractivity contribution < 1.29 is 0 Å². The van der Waals surface area contributed by atoms with E-state index >= 15 is 0 Å². The van der Waals surface area contributed by atoms with E-state index in [-0.39, 0.29) is 0 Å². The Hall–Kier alpha value is -0.940. The molecule has 0 amide bonds. The fourth-order valence-corrected chi connectivity index (χ4v) is 3.35. The Balaban J connectivity index is 1.32. The zero-order chi connectivity index (χ0) is 14.5. The smallest absolute Gasteiger partial charge is 0.0237 e. The van der Waals surface area contributed by atoms with Crippen molar-refractivity contribution in [3.05, 3.63) is 35.4 Å². The summed E-state index contributed by atoms with van der Waals surface area (Å²) in [5.74, 6) is 0.715. The van der Waals surface area contributed by atoms with E-state index in [1.54, 1.807) is 5.56 Å². The van der Waals surface area contributed by atoms with Crippen molar-refractivity contribution in [2.45, 2.75) is 32.4 Å². The van der Waals surface area contributed by atoms with E-state index in [0.29, 0.717) is 12.0 Å². The maximum atomic E-state index is 3.61. The molecule has 1 aromatic rings. The van der Waals surface area contributed by atoms with Crippen LogP contribution in [0.3, 0.4) is 0 Å². The van der Waals surface area contributed by atoms with Gasteiger partial charge in [-0.05, 0) is 44.0 Å². The average Bonchev–Trinajstić information content (AvgIpc) is 2.92. The summed E-state index contributed by atoms with van der Waals surface area (Å²) in [4.78, 5) is 2.59. The van der Waals surface area contributed by atoms with Gasteiger partial charge in [-0.2, -0.15) is 0 Å². The third-order valence-electron chi connectivity index (χ3n) is 4.85. The van der Waals surface area contributed by atoms with E-state index in [0.717, 1.165) is 26.2 Å². The molecule has 1 aromatic carbocycles. The highest BCUT2D eigenvalue weighted by Crippen LogP contribution is 2.18. The molecule has 0 aliphatic carbocycles. The number of hydrogen-bond acceptors (Lipinski definition) is 4. The molecule has 2 atom stereocenters. The summed E-state index contributed by atoms with van der Waals surface area (Å²) in [5, 5.41) is 3.61. The molecule has 4 heteroatoms. The maximum Gasteiger partial charge on any atom is 0.0237 e. The van der Waals surface area contributed by atoms with E-state index in [1.165, 1.54) is 31.5 Å². The fraction of sp³-hybridized carbons (Fsp3) is 0.647. The van der Waals surface area contributed by atoms with E-state index in [2.05, 4.69) is 52.3 Å². The van der Waals surface area contributed by atoms with Crippen LogP contribution in [0.15, 0.2) is 24.3 Å². The number of nitrogens with one attached hydrogen (secondary N) is 3. The molecule has 4 nitrogen and oxygen atoms in total. The number of benzene rings is 1. The summed E-state index contributed by atoms with van der Waals surface area (Å²) in [5.41, 5.74) is 9.56. The highest BCUT2D eigenvalue weighted by molar-refractivity contribution is 5.28. The van der Waals surface area contributed by atoms with Crippen LogP contribution >= 0.6 is 0 Å². The largest absolute Gasteiger partial charge is 0.316 e. The minimum atomic E-state index is 0.580. The lowest BCUT2D eigenvalue weighted by molar-refractivity contribution is 0.249. The van der Waals surface area contributed by atoms with Crippen LogP contribution < -0.4 is 16.2 Å². The second kappa shape index (κ2) is 7.36. The van der Waals surface area contributed by atoms with Crippen molar-refractivity contribution in [1.82, 2.24) is 21.1 Å². The standard InChI is InChI=1S/C17H28N4/c1-14-17(12-19-20-14)11-18-8-4-9-21-10-7-15-5-2-3-6-16(15)13-21/h2-3,5-6,14,17-20H,4,7-13H2,1H3. The molecule has 21 heavy (non-hydrogen) atoms. The topological polar surface area (TPSA) is 39.3 Å². The van der Waals surface area contributed by atoms with Crippen LogP contribution in [0, 0.1) is 5.92 Å². The predicted octanol–water partition coefficient (Wildman–Crippen LogP) is 1.14. The molecule has 0 bridgehead atoms. The molecule has 116 valence electrons. The van der Waals surface area contributed by atoms with Crippen LogP contribution in [0.5, 0.6) is 0 Å². The van der Waals surface area contributed by atoms with Gasteiger partial charge in [0, 0.05) is 38.1 Å². The van der Waals surface area contributed by atoms with Gasteiger partial charge in [-0.15, -0.1) is 0 Å². The van der Waals surface area contributed by atoms with Crippen LogP contribution in [0.4, 0.5) is 0 Å². The Morgan fingerprint density at radius 2 is 2.14 bits per heavy atom. The van der Waals surface area contributed by atoms with Gasteiger partial charge in [0.15, 0.2) is 0 Å². The van der Waals surface area contributed by atoms with Crippen molar-refractivity contribution in [1.29, 1.82) is 0 Å². The molecular formula is C17H28N4. The molecule has 2 aliphatic rings.